The highest BCUT2D eigenvalue weighted by molar-refractivity contribution is 7.47. The number of aliphatic hydroxyl groups excluding tert-OH is 1. The van der Waals surface area contributed by atoms with E-state index in [0.717, 1.165) is 51.4 Å². The SMILES string of the molecule is CCCCCCC/C=C\CCCCCCCC(=O)NC(COP(=O)(O)OCC[N+](C)(C)C)C(O)/C=C/CC/C=C/CCCCCCCCCCCCCC. The molecule has 3 atom stereocenters. The average Bonchev–Trinajstić information content (AvgIpc) is 3.12. The van der Waals surface area contributed by atoms with Crippen LogP contribution in [0.25, 0.3) is 0 Å². The van der Waals surface area contributed by atoms with Gasteiger partial charge in [0.2, 0.25) is 5.91 Å². The maximum atomic E-state index is 12.8. The van der Waals surface area contributed by atoms with E-state index in [1.54, 1.807) is 6.08 Å². The fraction of sp³-hybridized carbons (Fsp3) is 0.844. The van der Waals surface area contributed by atoms with E-state index >= 15 is 0 Å². The molecule has 3 N–H and O–H groups in total. The first-order valence-corrected chi connectivity index (χ1v) is 23.9. The highest BCUT2D eigenvalue weighted by Gasteiger charge is 2.27. The minimum Gasteiger partial charge on any atom is -0.387 e. The van der Waals surface area contributed by atoms with Crippen molar-refractivity contribution in [2.45, 2.75) is 206 Å². The fourth-order valence-electron chi connectivity index (χ4n) is 6.23. The number of carbonyl (C=O) groups is 1. The van der Waals surface area contributed by atoms with Crippen LogP contribution >= 0.6 is 7.82 Å². The number of hydrogen-bond donors (Lipinski definition) is 3. The van der Waals surface area contributed by atoms with Gasteiger partial charge in [-0.05, 0) is 57.8 Å². The Labute approximate surface area is 334 Å². The van der Waals surface area contributed by atoms with Crippen molar-refractivity contribution >= 4 is 13.7 Å². The summed E-state index contributed by atoms with van der Waals surface area (Å²) in [7, 11) is 1.55. The van der Waals surface area contributed by atoms with E-state index in [0.29, 0.717) is 17.4 Å². The molecule has 0 bridgehead atoms. The summed E-state index contributed by atoms with van der Waals surface area (Å²) in [5.74, 6) is -0.197. The van der Waals surface area contributed by atoms with Crippen molar-refractivity contribution < 1.29 is 32.9 Å². The Morgan fingerprint density at radius 1 is 0.611 bits per heavy atom. The van der Waals surface area contributed by atoms with Crippen LogP contribution in [0.4, 0.5) is 0 Å². The van der Waals surface area contributed by atoms with Crippen LogP contribution in [0, 0.1) is 0 Å². The number of hydrogen-bond acceptors (Lipinski definition) is 5. The monoisotopic (exact) mass is 784 g/mol. The molecule has 0 aromatic carbocycles. The number of nitrogens with zero attached hydrogens (tertiary/aromatic N) is 1. The van der Waals surface area contributed by atoms with Crippen molar-refractivity contribution in [3.8, 4) is 0 Å². The summed E-state index contributed by atoms with van der Waals surface area (Å²) >= 11 is 0. The lowest BCUT2D eigenvalue weighted by molar-refractivity contribution is -0.870. The molecule has 0 aliphatic rings. The van der Waals surface area contributed by atoms with Crippen LogP contribution in [-0.4, -0.2) is 73.4 Å². The van der Waals surface area contributed by atoms with E-state index in [4.69, 9.17) is 9.05 Å². The Kier molecular flexibility index (Phi) is 36.4. The van der Waals surface area contributed by atoms with Crippen molar-refractivity contribution in [1.82, 2.24) is 5.32 Å². The summed E-state index contributed by atoms with van der Waals surface area (Å²) in [6.07, 6.45) is 45.0. The van der Waals surface area contributed by atoms with Gasteiger partial charge in [0.25, 0.3) is 0 Å². The van der Waals surface area contributed by atoms with Gasteiger partial charge in [0.15, 0.2) is 0 Å². The second kappa shape index (κ2) is 37.3. The van der Waals surface area contributed by atoms with Gasteiger partial charge in [0.05, 0.1) is 39.9 Å². The lowest BCUT2D eigenvalue weighted by atomic mass is 10.0. The zero-order chi connectivity index (χ0) is 40.0. The Morgan fingerprint density at radius 3 is 1.48 bits per heavy atom. The summed E-state index contributed by atoms with van der Waals surface area (Å²) in [4.78, 5) is 23.1. The number of unbranched alkanes of at least 4 members (excludes halogenated alkanes) is 23. The quantitative estimate of drug-likeness (QED) is 0.0247. The number of nitrogens with one attached hydrogen (secondary N) is 1. The molecule has 3 unspecified atom stereocenters. The highest BCUT2D eigenvalue weighted by atomic mass is 31.2. The number of aliphatic hydroxyl groups is 1. The molecule has 9 heteroatoms. The lowest BCUT2D eigenvalue weighted by Crippen LogP contribution is -2.45. The number of quaternary nitrogens is 1. The molecule has 0 fully saturated rings. The Bertz CT molecular complexity index is 980. The van der Waals surface area contributed by atoms with Crippen LogP contribution in [0.5, 0.6) is 0 Å². The Balaban J connectivity index is 4.49. The van der Waals surface area contributed by atoms with Gasteiger partial charge in [-0.15, -0.1) is 0 Å². The number of carbonyl (C=O) groups excluding carboxylic acids is 1. The third kappa shape index (κ3) is 39.0. The molecule has 0 saturated heterocycles. The largest absolute Gasteiger partial charge is 0.472 e. The number of likely N-dealkylation sites (N-methyl/N-ethyl adjacent to an activating group) is 1. The minimum absolute atomic E-state index is 0.0546. The average molecular weight is 784 g/mol. The van der Waals surface area contributed by atoms with Gasteiger partial charge in [0, 0.05) is 6.42 Å². The normalized spacial score (nSPS) is 14.7. The van der Waals surface area contributed by atoms with E-state index in [9.17, 15) is 19.4 Å². The smallest absolute Gasteiger partial charge is 0.387 e. The molecule has 54 heavy (non-hydrogen) atoms. The maximum Gasteiger partial charge on any atom is 0.472 e. The molecule has 0 aliphatic heterocycles. The Morgan fingerprint density at radius 2 is 1.02 bits per heavy atom. The summed E-state index contributed by atoms with van der Waals surface area (Å²) in [6, 6.07) is -0.865. The molecule has 0 aromatic rings. The topological polar surface area (TPSA) is 105 Å². The number of amides is 1. The molecule has 0 rings (SSSR count). The number of rotatable bonds is 40. The summed E-state index contributed by atoms with van der Waals surface area (Å²) in [5, 5.41) is 13.8. The van der Waals surface area contributed by atoms with Crippen LogP contribution < -0.4 is 5.32 Å². The van der Waals surface area contributed by atoms with Gasteiger partial charge in [0.1, 0.15) is 13.2 Å². The van der Waals surface area contributed by atoms with Crippen LogP contribution in [0.15, 0.2) is 36.5 Å². The first-order valence-electron chi connectivity index (χ1n) is 22.4. The molecule has 8 nitrogen and oxygen atoms in total. The van der Waals surface area contributed by atoms with E-state index in [2.05, 4.69) is 43.5 Å². The van der Waals surface area contributed by atoms with Gasteiger partial charge in [-0.25, -0.2) is 4.57 Å². The van der Waals surface area contributed by atoms with Crippen molar-refractivity contribution in [1.29, 1.82) is 0 Å². The van der Waals surface area contributed by atoms with E-state index in [-0.39, 0.29) is 19.1 Å². The summed E-state index contributed by atoms with van der Waals surface area (Å²) in [6.45, 7) is 4.77. The molecule has 318 valence electrons. The van der Waals surface area contributed by atoms with Crippen molar-refractivity contribution in [2.24, 2.45) is 0 Å². The van der Waals surface area contributed by atoms with Crippen LogP contribution in [0.2, 0.25) is 0 Å². The molecule has 0 aliphatic carbocycles. The molecule has 0 radical (unpaired) electrons. The van der Waals surface area contributed by atoms with Gasteiger partial charge < -0.3 is 19.8 Å². The molecule has 0 aromatic heterocycles. The third-order valence-corrected chi connectivity index (χ3v) is 10.8. The first-order chi connectivity index (χ1) is 26.0. The third-order valence-electron chi connectivity index (χ3n) is 9.83. The fourth-order valence-corrected chi connectivity index (χ4v) is 6.96. The predicted molar refractivity (Wildman–Crippen MR) is 231 cm³/mol. The van der Waals surface area contributed by atoms with Crippen molar-refractivity contribution in [2.75, 3.05) is 40.9 Å². The van der Waals surface area contributed by atoms with Gasteiger partial charge in [-0.1, -0.05) is 166 Å². The zero-order valence-electron chi connectivity index (χ0n) is 36.0. The predicted octanol–water partition coefficient (Wildman–Crippen LogP) is 12.3. The van der Waals surface area contributed by atoms with Gasteiger partial charge in [-0.2, -0.15) is 0 Å². The Hall–Kier alpha value is -1.28. The van der Waals surface area contributed by atoms with Crippen LogP contribution in [0.3, 0.4) is 0 Å². The number of phosphoric acid groups is 1. The molecule has 0 heterocycles. The molecular weight excluding hydrogens is 695 g/mol. The molecule has 0 spiro atoms. The zero-order valence-corrected chi connectivity index (χ0v) is 36.9. The van der Waals surface area contributed by atoms with Crippen molar-refractivity contribution in [3.63, 3.8) is 0 Å². The van der Waals surface area contributed by atoms with Gasteiger partial charge >= 0.3 is 7.82 Å². The second-order valence-corrected chi connectivity index (χ2v) is 17.9. The first kappa shape index (κ1) is 52.7. The molecule has 0 saturated carbocycles. The highest BCUT2D eigenvalue weighted by Crippen LogP contribution is 2.43. The van der Waals surface area contributed by atoms with Crippen LogP contribution in [0.1, 0.15) is 194 Å². The number of allylic oxidation sites excluding steroid dienone is 5. The standard InChI is InChI=1S/C45H87N2O6P/c1-6-8-10-12-14-16-18-20-22-23-24-25-26-28-30-32-34-36-38-44(48)43(42-53-54(50,51)52-41-40-47(3,4)5)46-45(49)39-37-35-33-31-29-27-21-19-17-15-13-11-9-7-2/h19,21,28,30,36,38,43-44,48H,6-18,20,22-27,29,31-35,37,39-42H2,1-5H3,(H-,46,49,50,51)/p+1/b21-19-,30-28+,38-36+. The molecular formula is C45H88N2O6P+. The summed E-state index contributed by atoms with van der Waals surface area (Å²) < 4.78 is 23.5. The summed E-state index contributed by atoms with van der Waals surface area (Å²) in [5.41, 5.74) is 0. The second-order valence-electron chi connectivity index (χ2n) is 16.4. The van der Waals surface area contributed by atoms with Crippen LogP contribution in [-0.2, 0) is 18.4 Å². The molecule has 1 amide bonds. The van der Waals surface area contributed by atoms with E-state index in [1.165, 1.54) is 122 Å². The maximum absolute atomic E-state index is 12.8. The van der Waals surface area contributed by atoms with E-state index < -0.39 is 20.0 Å². The number of phosphoric ester groups is 1. The van der Waals surface area contributed by atoms with E-state index in [1.807, 2.05) is 27.2 Å². The minimum atomic E-state index is -4.34. The lowest BCUT2D eigenvalue weighted by Gasteiger charge is -2.25. The van der Waals surface area contributed by atoms with Gasteiger partial charge in [-0.3, -0.25) is 13.8 Å². The van der Waals surface area contributed by atoms with Crippen molar-refractivity contribution in [3.05, 3.63) is 36.5 Å².